The van der Waals surface area contributed by atoms with Crippen LogP contribution in [-0.2, 0) is 0 Å². The van der Waals surface area contributed by atoms with Gasteiger partial charge in [0.05, 0.1) is 19.9 Å². The van der Waals surface area contributed by atoms with Gasteiger partial charge in [-0.3, -0.25) is 0 Å². The van der Waals surface area contributed by atoms with Crippen molar-refractivity contribution in [2.45, 2.75) is 0 Å². The molecule has 2 aromatic carbocycles. The topological polar surface area (TPSA) is 54.6 Å². The summed E-state index contributed by atoms with van der Waals surface area (Å²) < 4.78 is 10.2. The van der Waals surface area contributed by atoms with Gasteiger partial charge in [0.15, 0.2) is 0 Å². The van der Waals surface area contributed by atoms with Gasteiger partial charge in [0.25, 0.3) is 0 Å². The summed E-state index contributed by atoms with van der Waals surface area (Å²) in [6.07, 6.45) is 0. The summed E-state index contributed by atoms with van der Waals surface area (Å²) in [5.41, 5.74) is 1.77. The maximum atomic E-state index is 9.26. The van der Waals surface area contributed by atoms with Crippen molar-refractivity contribution in [3.8, 4) is 17.6 Å². The minimum absolute atomic E-state index is 0.342. The molecule has 0 aliphatic rings. The summed E-state index contributed by atoms with van der Waals surface area (Å²) in [5, 5.41) is 9.26. The number of ether oxygens (including phenoxy) is 2. The maximum Gasteiger partial charge on any atom is 0.148 e. The first-order valence-electron chi connectivity index (χ1n) is 6.04. The Bertz CT molecular complexity index is 655. The molecule has 0 heterocycles. The van der Waals surface area contributed by atoms with Crippen molar-refractivity contribution in [2.75, 3.05) is 14.2 Å². The lowest BCUT2D eigenvalue weighted by Gasteiger charge is -2.03. The third-order valence-electron chi connectivity index (χ3n) is 2.76. The summed E-state index contributed by atoms with van der Waals surface area (Å²) in [5.74, 6) is 1.45. The molecule has 0 saturated carbocycles. The first-order chi connectivity index (χ1) is 9.76. The fourth-order valence-corrected chi connectivity index (χ4v) is 1.71. The zero-order valence-corrected chi connectivity index (χ0v) is 11.3. The molecule has 0 aliphatic heterocycles. The van der Waals surface area contributed by atoms with Crippen molar-refractivity contribution < 1.29 is 9.47 Å². The molecule has 4 heteroatoms. The van der Waals surface area contributed by atoms with E-state index >= 15 is 0 Å². The number of hydrogen-bond donors (Lipinski definition) is 0. The van der Waals surface area contributed by atoms with Gasteiger partial charge in [-0.1, -0.05) is 12.1 Å². The minimum Gasteiger partial charge on any atom is -0.497 e. The Morgan fingerprint density at radius 2 is 1.70 bits per heavy atom. The van der Waals surface area contributed by atoms with Crippen molar-refractivity contribution in [1.82, 2.24) is 0 Å². The fourth-order valence-electron chi connectivity index (χ4n) is 1.71. The van der Waals surface area contributed by atoms with Crippen molar-refractivity contribution in [3.05, 3.63) is 54.1 Å². The van der Waals surface area contributed by atoms with Crippen LogP contribution in [0.25, 0.3) is 0 Å². The normalized spacial score (nSPS) is 10.8. The van der Waals surface area contributed by atoms with Gasteiger partial charge in [-0.15, -0.1) is 0 Å². The molecule has 2 aromatic rings. The Labute approximate surface area is 117 Å². The van der Waals surface area contributed by atoms with Crippen LogP contribution in [0.3, 0.4) is 0 Å². The Morgan fingerprint density at radius 3 is 2.30 bits per heavy atom. The Morgan fingerprint density at radius 1 is 1.00 bits per heavy atom. The number of aliphatic imine (C=N–C) groups is 1. The third-order valence-corrected chi connectivity index (χ3v) is 2.76. The molecule has 4 nitrogen and oxygen atoms in total. The minimum atomic E-state index is 0.342. The van der Waals surface area contributed by atoms with E-state index in [1.165, 1.54) is 0 Å². The number of nitriles is 1. The number of benzene rings is 2. The summed E-state index contributed by atoms with van der Waals surface area (Å²) in [7, 11) is 3.20. The monoisotopic (exact) mass is 266 g/mol. The van der Waals surface area contributed by atoms with Gasteiger partial charge in [-0.2, -0.15) is 5.26 Å². The highest BCUT2D eigenvalue weighted by Gasteiger charge is 2.04. The van der Waals surface area contributed by atoms with E-state index in [2.05, 4.69) is 11.1 Å². The van der Waals surface area contributed by atoms with E-state index in [9.17, 15) is 5.26 Å². The molecule has 0 spiro atoms. The number of nitrogens with zero attached hydrogens (tertiary/aromatic N) is 2. The van der Waals surface area contributed by atoms with E-state index < -0.39 is 0 Å². The molecule has 0 amide bonds. The van der Waals surface area contributed by atoms with Crippen LogP contribution in [0.1, 0.15) is 5.56 Å². The second-order valence-corrected chi connectivity index (χ2v) is 4.00. The van der Waals surface area contributed by atoms with Crippen LogP contribution in [0.15, 0.2) is 53.5 Å². The number of rotatable bonds is 4. The van der Waals surface area contributed by atoms with Crippen LogP contribution in [0.5, 0.6) is 11.5 Å². The first-order valence-corrected chi connectivity index (χ1v) is 6.04. The lowest BCUT2D eigenvalue weighted by Crippen LogP contribution is -1.97. The molecular formula is C16H14N2O2. The van der Waals surface area contributed by atoms with E-state index in [1.807, 2.05) is 18.2 Å². The quantitative estimate of drug-likeness (QED) is 0.797. The van der Waals surface area contributed by atoms with Crippen LogP contribution in [-0.4, -0.2) is 19.9 Å². The average Bonchev–Trinajstić information content (AvgIpc) is 2.53. The highest BCUT2D eigenvalue weighted by atomic mass is 16.5. The van der Waals surface area contributed by atoms with Crippen molar-refractivity contribution in [2.24, 2.45) is 4.99 Å². The molecule has 100 valence electrons. The van der Waals surface area contributed by atoms with Crippen LogP contribution in [0.4, 0.5) is 5.69 Å². The Hall–Kier alpha value is -2.80. The lowest BCUT2D eigenvalue weighted by molar-refractivity contribution is 0.414. The number of methoxy groups -OCH3 is 2. The first kappa shape index (κ1) is 13.6. The second kappa shape index (κ2) is 6.39. The van der Waals surface area contributed by atoms with Crippen molar-refractivity contribution in [1.29, 1.82) is 5.26 Å². The molecule has 0 atom stereocenters. The van der Waals surface area contributed by atoms with E-state index in [0.29, 0.717) is 17.1 Å². The predicted octanol–water partition coefficient (Wildman–Crippen LogP) is 3.35. The second-order valence-electron chi connectivity index (χ2n) is 4.00. The molecule has 0 aromatic heterocycles. The molecule has 0 N–H and O–H groups in total. The van der Waals surface area contributed by atoms with Crippen LogP contribution >= 0.6 is 0 Å². The highest BCUT2D eigenvalue weighted by molar-refractivity contribution is 6.12. The average molecular weight is 266 g/mol. The molecule has 0 fully saturated rings. The molecule has 0 saturated heterocycles. The summed E-state index contributed by atoms with van der Waals surface area (Å²) in [6.45, 7) is 0. The highest BCUT2D eigenvalue weighted by Crippen LogP contribution is 2.20. The standard InChI is InChI=1S/C16H14N2O2/c1-19-14-8-6-13(7-9-14)18-16(11-17)12-4-3-5-15(10-12)20-2/h3-10H,1-2H3/b18-16+. The van der Waals surface area contributed by atoms with Gasteiger partial charge in [0.1, 0.15) is 23.3 Å². The van der Waals surface area contributed by atoms with Crippen LogP contribution < -0.4 is 9.47 Å². The summed E-state index contributed by atoms with van der Waals surface area (Å²) in [6, 6.07) is 16.6. The molecule has 0 bridgehead atoms. The predicted molar refractivity (Wildman–Crippen MR) is 77.8 cm³/mol. The molecule has 0 radical (unpaired) electrons. The Balaban J connectivity index is 2.35. The zero-order valence-electron chi connectivity index (χ0n) is 11.3. The lowest BCUT2D eigenvalue weighted by atomic mass is 10.1. The molecular weight excluding hydrogens is 252 g/mol. The third kappa shape index (κ3) is 3.15. The fraction of sp³-hybridized carbons (Fsp3) is 0.125. The maximum absolute atomic E-state index is 9.26. The van der Waals surface area contributed by atoms with Gasteiger partial charge in [0, 0.05) is 5.56 Å². The summed E-state index contributed by atoms with van der Waals surface area (Å²) >= 11 is 0. The van der Waals surface area contributed by atoms with E-state index in [4.69, 9.17) is 9.47 Å². The summed E-state index contributed by atoms with van der Waals surface area (Å²) in [4.78, 5) is 4.34. The SMILES string of the molecule is COc1ccc(/N=C(\C#N)c2cccc(OC)c2)cc1. The van der Waals surface area contributed by atoms with Gasteiger partial charge in [-0.05, 0) is 36.4 Å². The van der Waals surface area contributed by atoms with Crippen LogP contribution in [0, 0.1) is 11.3 Å². The van der Waals surface area contributed by atoms with E-state index in [1.54, 1.807) is 44.6 Å². The van der Waals surface area contributed by atoms with E-state index in [-0.39, 0.29) is 0 Å². The van der Waals surface area contributed by atoms with Crippen molar-refractivity contribution >= 4 is 11.4 Å². The van der Waals surface area contributed by atoms with Gasteiger partial charge >= 0.3 is 0 Å². The van der Waals surface area contributed by atoms with Gasteiger partial charge in [0.2, 0.25) is 0 Å². The zero-order chi connectivity index (χ0) is 14.4. The van der Waals surface area contributed by atoms with E-state index in [0.717, 1.165) is 11.3 Å². The molecule has 20 heavy (non-hydrogen) atoms. The van der Waals surface area contributed by atoms with Crippen molar-refractivity contribution in [3.63, 3.8) is 0 Å². The molecule has 2 rings (SSSR count). The number of hydrogen-bond acceptors (Lipinski definition) is 4. The van der Waals surface area contributed by atoms with Gasteiger partial charge < -0.3 is 9.47 Å². The molecule has 0 aliphatic carbocycles. The molecule has 0 unspecified atom stereocenters. The Kier molecular flexibility index (Phi) is 4.35. The smallest absolute Gasteiger partial charge is 0.148 e. The van der Waals surface area contributed by atoms with Crippen LogP contribution in [0.2, 0.25) is 0 Å². The largest absolute Gasteiger partial charge is 0.497 e. The van der Waals surface area contributed by atoms with Gasteiger partial charge in [-0.25, -0.2) is 4.99 Å².